The predicted octanol–water partition coefficient (Wildman–Crippen LogP) is 4.74. The van der Waals surface area contributed by atoms with E-state index in [2.05, 4.69) is 4.98 Å². The van der Waals surface area contributed by atoms with Crippen molar-refractivity contribution in [2.45, 2.75) is 29.5 Å². The van der Waals surface area contributed by atoms with Crippen molar-refractivity contribution >= 4 is 40.7 Å². The van der Waals surface area contributed by atoms with Gasteiger partial charge in [-0.3, -0.25) is 5.41 Å². The molecule has 3 rings (SSSR count). The molecular formula is C18H20Cl3N3O4. The number of halogens is 3. The maximum absolute atomic E-state index is 7.73. The van der Waals surface area contributed by atoms with E-state index in [0.29, 0.717) is 29.6 Å². The summed E-state index contributed by atoms with van der Waals surface area (Å²) in [6.07, 6.45) is 3.53. The first kappa shape index (κ1) is 21.0. The number of methoxy groups -OCH3 is 2. The Bertz CT molecular complexity index is 823. The molecule has 0 bridgehead atoms. The van der Waals surface area contributed by atoms with Crippen molar-refractivity contribution in [3.05, 3.63) is 30.2 Å². The van der Waals surface area contributed by atoms with E-state index in [1.165, 1.54) is 0 Å². The molecule has 1 fully saturated rings. The van der Waals surface area contributed by atoms with Crippen LogP contribution >= 0.6 is 34.8 Å². The van der Waals surface area contributed by atoms with E-state index in [1.54, 1.807) is 20.3 Å². The van der Waals surface area contributed by atoms with Crippen LogP contribution in [0.3, 0.4) is 0 Å². The van der Waals surface area contributed by atoms with Gasteiger partial charge in [0.1, 0.15) is 30.2 Å². The maximum Gasteiger partial charge on any atom is 0.265 e. The summed E-state index contributed by atoms with van der Waals surface area (Å²) in [4.78, 5) is 4.65. The lowest BCUT2D eigenvalue weighted by Crippen LogP contribution is -2.22. The number of nitrogens with zero attached hydrogens (tertiary/aromatic N) is 2. The molecule has 152 valence electrons. The molecule has 1 aromatic carbocycles. The van der Waals surface area contributed by atoms with Crippen molar-refractivity contribution in [3.8, 4) is 22.8 Å². The number of imidazole rings is 1. The summed E-state index contributed by atoms with van der Waals surface area (Å²) < 4.78 is 21.7. The second-order valence-electron chi connectivity index (χ2n) is 6.13. The zero-order valence-electron chi connectivity index (χ0n) is 15.4. The Morgan fingerprint density at radius 2 is 1.93 bits per heavy atom. The highest BCUT2D eigenvalue weighted by Crippen LogP contribution is 2.33. The smallest absolute Gasteiger partial charge is 0.265 e. The van der Waals surface area contributed by atoms with Gasteiger partial charge in [0.05, 0.1) is 19.9 Å². The van der Waals surface area contributed by atoms with Gasteiger partial charge in [0.25, 0.3) is 3.79 Å². The van der Waals surface area contributed by atoms with Crippen molar-refractivity contribution in [3.63, 3.8) is 0 Å². The molecule has 1 aromatic heterocycles. The minimum Gasteiger partial charge on any atom is -0.497 e. The molecule has 1 aliphatic rings. The van der Waals surface area contributed by atoms with Crippen LogP contribution in [0.15, 0.2) is 24.4 Å². The fourth-order valence-corrected chi connectivity index (χ4v) is 3.04. The lowest BCUT2D eigenvalue weighted by molar-refractivity contribution is 0.0514. The van der Waals surface area contributed by atoms with Crippen LogP contribution in [0.25, 0.3) is 11.3 Å². The number of hydrogen-bond donors (Lipinski definition) is 1. The highest BCUT2D eigenvalue weighted by Gasteiger charge is 2.30. The number of benzene rings is 1. The lowest BCUT2D eigenvalue weighted by Gasteiger charge is -2.16. The second-order valence-corrected chi connectivity index (χ2v) is 8.42. The Hall–Kier alpha value is -1.67. The van der Waals surface area contributed by atoms with Crippen molar-refractivity contribution in [2.75, 3.05) is 20.8 Å². The highest BCUT2D eigenvalue weighted by atomic mass is 35.6. The molecule has 0 spiro atoms. The van der Waals surface area contributed by atoms with Gasteiger partial charge in [0, 0.05) is 24.4 Å². The van der Waals surface area contributed by atoms with Gasteiger partial charge in [-0.2, -0.15) is 0 Å². The zero-order chi connectivity index (χ0) is 20.3. The summed E-state index contributed by atoms with van der Waals surface area (Å²) in [5.74, 6) is 1.39. The van der Waals surface area contributed by atoms with E-state index in [1.807, 2.05) is 22.9 Å². The van der Waals surface area contributed by atoms with Crippen molar-refractivity contribution < 1.29 is 18.9 Å². The average Bonchev–Trinajstić information content (AvgIpc) is 3.34. The summed E-state index contributed by atoms with van der Waals surface area (Å²) in [5.41, 5.74) is 1.50. The van der Waals surface area contributed by atoms with Crippen molar-refractivity contribution in [2.24, 2.45) is 0 Å². The first-order valence-electron chi connectivity index (χ1n) is 8.53. The Morgan fingerprint density at radius 3 is 2.46 bits per heavy atom. The van der Waals surface area contributed by atoms with Gasteiger partial charge in [-0.1, -0.05) is 34.8 Å². The minimum atomic E-state index is -1.93. The van der Waals surface area contributed by atoms with Gasteiger partial charge < -0.3 is 23.5 Å². The van der Waals surface area contributed by atoms with Gasteiger partial charge in [-0.05, 0) is 25.0 Å². The molecule has 2 heterocycles. The molecule has 0 saturated carbocycles. The van der Waals surface area contributed by atoms with Crippen molar-refractivity contribution in [1.29, 1.82) is 5.41 Å². The molecule has 10 heteroatoms. The van der Waals surface area contributed by atoms with Gasteiger partial charge in [-0.25, -0.2) is 4.98 Å². The highest BCUT2D eigenvalue weighted by molar-refractivity contribution is 6.76. The van der Waals surface area contributed by atoms with Crippen LogP contribution in [-0.2, 0) is 16.1 Å². The number of rotatable bonds is 6. The number of ether oxygens (including phenoxy) is 4. The van der Waals surface area contributed by atoms with Gasteiger partial charge in [-0.15, -0.1) is 0 Å². The van der Waals surface area contributed by atoms with Crippen LogP contribution < -0.4 is 9.47 Å². The Balaban J connectivity index is 1.94. The molecule has 0 amide bonds. The molecular weight excluding hydrogens is 429 g/mol. The molecule has 1 saturated heterocycles. The van der Waals surface area contributed by atoms with Crippen LogP contribution in [0.1, 0.15) is 24.9 Å². The van der Waals surface area contributed by atoms with E-state index in [4.69, 9.17) is 59.2 Å². The fourth-order valence-electron chi connectivity index (χ4n) is 2.88. The SMILES string of the molecule is COc1cc(OC)cc(-c2cn(C3CCCO3)c(COC(=N)C(Cl)(Cl)Cl)n2)c1. The lowest BCUT2D eigenvalue weighted by atomic mass is 10.1. The average molecular weight is 449 g/mol. The number of nitrogens with one attached hydrogen (secondary N) is 1. The third-order valence-electron chi connectivity index (χ3n) is 4.28. The van der Waals surface area contributed by atoms with Crippen molar-refractivity contribution in [1.82, 2.24) is 9.55 Å². The number of aromatic nitrogens is 2. The molecule has 1 N–H and O–H groups in total. The number of hydrogen-bond acceptors (Lipinski definition) is 6. The molecule has 28 heavy (non-hydrogen) atoms. The zero-order valence-corrected chi connectivity index (χ0v) is 17.6. The molecule has 2 aromatic rings. The topological polar surface area (TPSA) is 78.6 Å². The van der Waals surface area contributed by atoms with Gasteiger partial charge >= 0.3 is 0 Å². The molecule has 1 aliphatic heterocycles. The Kier molecular flexibility index (Phi) is 6.60. The number of alkyl halides is 3. The fraction of sp³-hybridized carbons (Fsp3) is 0.444. The normalized spacial score (nSPS) is 16.8. The molecule has 1 atom stereocenters. The predicted molar refractivity (Wildman–Crippen MR) is 108 cm³/mol. The third kappa shape index (κ3) is 4.84. The minimum absolute atomic E-state index is 0.0340. The standard InChI is InChI=1S/C18H20Cl3N3O4/c1-25-12-6-11(7-13(8-12)26-2)14-9-24(16-4-3-5-27-16)15(23-14)10-28-17(22)18(19,20)21/h6-9,16,22H,3-5,10H2,1-2H3. The quantitative estimate of drug-likeness (QED) is 0.392. The first-order chi connectivity index (χ1) is 13.3. The van der Waals surface area contributed by atoms with E-state index >= 15 is 0 Å². The summed E-state index contributed by atoms with van der Waals surface area (Å²) in [6, 6.07) is 5.50. The van der Waals surface area contributed by atoms with E-state index in [9.17, 15) is 0 Å². The summed E-state index contributed by atoms with van der Waals surface area (Å²) in [5, 5.41) is 7.73. The molecule has 0 aliphatic carbocycles. The van der Waals surface area contributed by atoms with Crippen LogP contribution in [0.4, 0.5) is 0 Å². The van der Waals surface area contributed by atoms with Crippen LogP contribution in [-0.4, -0.2) is 40.1 Å². The molecule has 0 radical (unpaired) electrons. The van der Waals surface area contributed by atoms with Crippen LogP contribution in [0, 0.1) is 5.41 Å². The third-order valence-corrected chi connectivity index (χ3v) is 4.79. The first-order valence-corrected chi connectivity index (χ1v) is 9.66. The summed E-state index contributed by atoms with van der Waals surface area (Å²) in [7, 11) is 3.18. The van der Waals surface area contributed by atoms with E-state index in [0.717, 1.165) is 18.4 Å². The Labute approximate surface area is 177 Å². The van der Waals surface area contributed by atoms with Gasteiger partial charge in [0.15, 0.2) is 0 Å². The molecule has 7 nitrogen and oxygen atoms in total. The monoisotopic (exact) mass is 447 g/mol. The second kappa shape index (κ2) is 8.78. The van der Waals surface area contributed by atoms with Crippen LogP contribution in [0.5, 0.6) is 11.5 Å². The van der Waals surface area contributed by atoms with E-state index in [-0.39, 0.29) is 12.8 Å². The van der Waals surface area contributed by atoms with Crippen LogP contribution in [0.2, 0.25) is 0 Å². The maximum atomic E-state index is 7.73. The largest absolute Gasteiger partial charge is 0.497 e. The van der Waals surface area contributed by atoms with Gasteiger partial charge in [0.2, 0.25) is 5.90 Å². The Morgan fingerprint density at radius 1 is 1.25 bits per heavy atom. The summed E-state index contributed by atoms with van der Waals surface area (Å²) >= 11 is 17.1. The summed E-state index contributed by atoms with van der Waals surface area (Å²) in [6.45, 7) is 0.642. The van der Waals surface area contributed by atoms with E-state index < -0.39 is 9.69 Å². The molecule has 1 unspecified atom stereocenters.